The lowest BCUT2D eigenvalue weighted by atomic mass is 9.95. The fourth-order valence-corrected chi connectivity index (χ4v) is 1.97. The smallest absolute Gasteiger partial charge is 0.0940 e. The Morgan fingerprint density at radius 3 is 2.80 bits per heavy atom. The first-order valence-electron chi connectivity index (χ1n) is 5.26. The maximum absolute atomic E-state index is 9.06. The summed E-state index contributed by atoms with van der Waals surface area (Å²) in [5.74, 6) is 0. The molecule has 3 nitrogen and oxygen atoms in total. The molecule has 1 heterocycles. The molecule has 1 aromatic rings. The summed E-state index contributed by atoms with van der Waals surface area (Å²) < 4.78 is 0. The molecule has 0 spiro atoms. The Balaban J connectivity index is 2.17. The number of aromatic nitrogens is 1. The standard InChI is InChI=1S/C11H20N2OS/c1-9-6-15-10(13-9)4-5-12-7-11(2,3)8-14/h6,12,14H,4-5,7-8H2,1-3H3. The lowest BCUT2D eigenvalue weighted by Gasteiger charge is -2.21. The van der Waals surface area contributed by atoms with Crippen molar-refractivity contribution >= 4 is 11.3 Å². The minimum Gasteiger partial charge on any atom is -0.396 e. The molecule has 1 rings (SSSR count). The van der Waals surface area contributed by atoms with Gasteiger partial charge in [0.25, 0.3) is 0 Å². The second-order valence-electron chi connectivity index (χ2n) is 4.63. The van der Waals surface area contributed by atoms with Crippen molar-refractivity contribution in [1.82, 2.24) is 10.3 Å². The van der Waals surface area contributed by atoms with Crippen LogP contribution in [0.25, 0.3) is 0 Å². The molecule has 2 N–H and O–H groups in total. The molecule has 0 aliphatic rings. The maximum Gasteiger partial charge on any atom is 0.0940 e. The molecular formula is C11H20N2OS. The predicted octanol–water partition coefficient (Wildman–Crippen LogP) is 1.60. The second-order valence-corrected chi connectivity index (χ2v) is 5.57. The van der Waals surface area contributed by atoms with Gasteiger partial charge in [0.2, 0.25) is 0 Å². The summed E-state index contributed by atoms with van der Waals surface area (Å²) >= 11 is 1.71. The lowest BCUT2D eigenvalue weighted by Crippen LogP contribution is -2.33. The lowest BCUT2D eigenvalue weighted by molar-refractivity contribution is 0.157. The van der Waals surface area contributed by atoms with E-state index in [1.807, 2.05) is 20.8 Å². The summed E-state index contributed by atoms with van der Waals surface area (Å²) in [6.45, 7) is 8.10. The number of hydrogen-bond acceptors (Lipinski definition) is 4. The van der Waals surface area contributed by atoms with Gasteiger partial charge in [0.15, 0.2) is 0 Å². The van der Waals surface area contributed by atoms with E-state index >= 15 is 0 Å². The molecule has 86 valence electrons. The van der Waals surface area contributed by atoms with Gasteiger partial charge in [-0.05, 0) is 6.92 Å². The number of nitrogens with one attached hydrogen (secondary N) is 1. The summed E-state index contributed by atoms with van der Waals surface area (Å²) in [5.41, 5.74) is 1.07. The zero-order valence-electron chi connectivity index (χ0n) is 9.71. The van der Waals surface area contributed by atoms with Crippen LogP contribution >= 0.6 is 11.3 Å². The van der Waals surface area contributed by atoms with Crippen LogP contribution in [0.1, 0.15) is 24.5 Å². The number of nitrogens with zero attached hydrogens (tertiary/aromatic N) is 1. The van der Waals surface area contributed by atoms with Gasteiger partial charge in [-0.15, -0.1) is 11.3 Å². The number of aliphatic hydroxyl groups is 1. The Bertz CT molecular complexity index is 297. The van der Waals surface area contributed by atoms with Gasteiger partial charge in [0.1, 0.15) is 0 Å². The van der Waals surface area contributed by atoms with Gasteiger partial charge < -0.3 is 10.4 Å². The van der Waals surface area contributed by atoms with Crippen molar-refractivity contribution in [2.24, 2.45) is 5.41 Å². The summed E-state index contributed by atoms with van der Waals surface area (Å²) in [5, 5.41) is 15.7. The van der Waals surface area contributed by atoms with Crippen molar-refractivity contribution in [1.29, 1.82) is 0 Å². The Labute approximate surface area is 95.6 Å². The van der Waals surface area contributed by atoms with Crippen LogP contribution in [0.5, 0.6) is 0 Å². The zero-order chi connectivity index (χ0) is 11.3. The summed E-state index contributed by atoms with van der Waals surface area (Å²) in [6.07, 6.45) is 0.972. The van der Waals surface area contributed by atoms with Gasteiger partial charge >= 0.3 is 0 Å². The van der Waals surface area contributed by atoms with Crippen molar-refractivity contribution in [2.45, 2.75) is 27.2 Å². The minimum absolute atomic E-state index is 0.0290. The first-order chi connectivity index (χ1) is 7.03. The van der Waals surface area contributed by atoms with Crippen LogP contribution in [0.15, 0.2) is 5.38 Å². The molecule has 0 saturated carbocycles. The molecule has 15 heavy (non-hydrogen) atoms. The fourth-order valence-electron chi connectivity index (χ4n) is 1.20. The van der Waals surface area contributed by atoms with E-state index < -0.39 is 0 Å². The normalized spacial score (nSPS) is 12.0. The van der Waals surface area contributed by atoms with Gasteiger partial charge in [-0.3, -0.25) is 0 Å². The average molecular weight is 228 g/mol. The third kappa shape index (κ3) is 4.73. The van der Waals surface area contributed by atoms with E-state index in [9.17, 15) is 0 Å². The van der Waals surface area contributed by atoms with Crippen LogP contribution in [0.4, 0.5) is 0 Å². The highest BCUT2D eigenvalue weighted by molar-refractivity contribution is 7.09. The fraction of sp³-hybridized carbons (Fsp3) is 0.727. The summed E-state index contributed by atoms with van der Waals surface area (Å²) in [6, 6.07) is 0. The largest absolute Gasteiger partial charge is 0.396 e. The molecule has 0 aliphatic heterocycles. The van der Waals surface area contributed by atoms with E-state index in [1.165, 1.54) is 5.01 Å². The maximum atomic E-state index is 9.06. The SMILES string of the molecule is Cc1csc(CCNCC(C)(C)CO)n1. The van der Waals surface area contributed by atoms with Crippen molar-refractivity contribution in [3.63, 3.8) is 0 Å². The van der Waals surface area contributed by atoms with E-state index in [1.54, 1.807) is 11.3 Å². The highest BCUT2D eigenvalue weighted by Gasteiger charge is 2.15. The molecule has 0 fully saturated rings. The predicted molar refractivity (Wildman–Crippen MR) is 64.3 cm³/mol. The molecule has 4 heteroatoms. The van der Waals surface area contributed by atoms with Crippen LogP contribution in [0.3, 0.4) is 0 Å². The molecule has 0 atom stereocenters. The first-order valence-corrected chi connectivity index (χ1v) is 6.14. The number of rotatable bonds is 6. The monoisotopic (exact) mass is 228 g/mol. The number of thiazole rings is 1. The van der Waals surface area contributed by atoms with Crippen molar-refractivity contribution in [2.75, 3.05) is 19.7 Å². The molecule has 0 amide bonds. The third-order valence-corrected chi connectivity index (χ3v) is 3.24. The van der Waals surface area contributed by atoms with E-state index in [4.69, 9.17) is 5.11 Å². The van der Waals surface area contributed by atoms with Crippen LogP contribution in [-0.2, 0) is 6.42 Å². The molecule has 0 saturated heterocycles. The van der Waals surface area contributed by atoms with Gasteiger partial charge in [-0.1, -0.05) is 13.8 Å². The topological polar surface area (TPSA) is 45.1 Å². The van der Waals surface area contributed by atoms with Crippen molar-refractivity contribution < 1.29 is 5.11 Å². The molecular weight excluding hydrogens is 208 g/mol. The molecule has 0 aromatic carbocycles. The highest BCUT2D eigenvalue weighted by Crippen LogP contribution is 2.12. The van der Waals surface area contributed by atoms with Gasteiger partial charge in [-0.25, -0.2) is 4.98 Å². The van der Waals surface area contributed by atoms with Gasteiger partial charge in [0, 0.05) is 42.6 Å². The molecule has 0 aliphatic carbocycles. The molecule has 0 radical (unpaired) electrons. The average Bonchev–Trinajstić information content (AvgIpc) is 2.59. The number of aliphatic hydroxyl groups excluding tert-OH is 1. The molecule has 0 bridgehead atoms. The number of aryl methyl sites for hydroxylation is 1. The quantitative estimate of drug-likeness (QED) is 0.727. The molecule has 1 aromatic heterocycles. The van der Waals surface area contributed by atoms with Crippen LogP contribution < -0.4 is 5.32 Å². The van der Waals surface area contributed by atoms with E-state index in [-0.39, 0.29) is 12.0 Å². The summed E-state index contributed by atoms with van der Waals surface area (Å²) in [7, 11) is 0. The zero-order valence-corrected chi connectivity index (χ0v) is 10.5. The van der Waals surface area contributed by atoms with E-state index in [0.29, 0.717) is 0 Å². The van der Waals surface area contributed by atoms with Gasteiger partial charge in [0.05, 0.1) is 5.01 Å². The van der Waals surface area contributed by atoms with Crippen LogP contribution in [0, 0.1) is 12.3 Å². The summed E-state index contributed by atoms with van der Waals surface area (Å²) in [4.78, 5) is 4.39. The van der Waals surface area contributed by atoms with Crippen molar-refractivity contribution in [3.05, 3.63) is 16.1 Å². The second kappa shape index (κ2) is 5.58. The van der Waals surface area contributed by atoms with E-state index in [0.717, 1.165) is 25.2 Å². The highest BCUT2D eigenvalue weighted by atomic mass is 32.1. The third-order valence-electron chi connectivity index (χ3n) is 2.21. The first kappa shape index (κ1) is 12.6. The Morgan fingerprint density at radius 1 is 1.53 bits per heavy atom. The van der Waals surface area contributed by atoms with Gasteiger partial charge in [-0.2, -0.15) is 0 Å². The van der Waals surface area contributed by atoms with Crippen molar-refractivity contribution in [3.8, 4) is 0 Å². The Hall–Kier alpha value is -0.450. The van der Waals surface area contributed by atoms with Crippen LogP contribution in [-0.4, -0.2) is 29.8 Å². The number of hydrogen-bond donors (Lipinski definition) is 2. The Morgan fingerprint density at radius 2 is 2.27 bits per heavy atom. The van der Waals surface area contributed by atoms with Crippen LogP contribution in [0.2, 0.25) is 0 Å². The minimum atomic E-state index is -0.0290. The van der Waals surface area contributed by atoms with E-state index in [2.05, 4.69) is 15.7 Å². The Kier molecular flexibility index (Phi) is 4.70. The molecule has 0 unspecified atom stereocenters.